The topological polar surface area (TPSA) is 71.8 Å². The number of amides is 1. The van der Waals surface area contributed by atoms with Gasteiger partial charge in [-0.3, -0.25) is 4.79 Å². The quantitative estimate of drug-likeness (QED) is 0.894. The first-order chi connectivity index (χ1) is 10.2. The Kier molecular flexibility index (Phi) is 5.93. The van der Waals surface area contributed by atoms with E-state index in [1.165, 1.54) is 0 Å². The zero-order valence-electron chi connectivity index (χ0n) is 12.4. The summed E-state index contributed by atoms with van der Waals surface area (Å²) in [6, 6.07) is 4.33. The smallest absolute Gasteiger partial charge is 0.273 e. The molecule has 120 valence electrons. The fourth-order valence-corrected chi connectivity index (χ4v) is 3.24. The van der Waals surface area contributed by atoms with Crippen molar-refractivity contribution in [3.05, 3.63) is 34.3 Å². The summed E-state index contributed by atoms with van der Waals surface area (Å²) in [6.45, 7) is 3.95. The van der Waals surface area contributed by atoms with Gasteiger partial charge in [-0.15, -0.1) is 28.8 Å². The fraction of sp³-hybridized carbons (Fsp3) is 0.500. The molecule has 22 heavy (non-hydrogen) atoms. The van der Waals surface area contributed by atoms with Crippen LogP contribution in [-0.2, 0) is 0 Å². The van der Waals surface area contributed by atoms with Crippen LogP contribution in [-0.4, -0.2) is 34.0 Å². The van der Waals surface area contributed by atoms with Crippen LogP contribution in [0.4, 0.5) is 0 Å². The van der Waals surface area contributed by atoms with Crippen LogP contribution < -0.4 is 10.6 Å². The maximum Gasteiger partial charge on any atom is 0.273 e. The van der Waals surface area contributed by atoms with Crippen molar-refractivity contribution in [1.29, 1.82) is 0 Å². The molecule has 1 atom stereocenters. The predicted molar refractivity (Wildman–Crippen MR) is 88.6 cm³/mol. The molecule has 6 nitrogen and oxygen atoms in total. The van der Waals surface area contributed by atoms with Crippen LogP contribution in [0.5, 0.6) is 0 Å². The second kappa shape index (κ2) is 7.71. The number of halogens is 1. The molecule has 0 radical (unpaired) electrons. The van der Waals surface area contributed by atoms with E-state index in [-0.39, 0.29) is 24.4 Å². The number of carbonyl (C=O) groups excluding carboxylic acids is 1. The van der Waals surface area contributed by atoms with Gasteiger partial charge in [-0.05, 0) is 44.3 Å². The van der Waals surface area contributed by atoms with Gasteiger partial charge in [0.05, 0.1) is 18.3 Å². The summed E-state index contributed by atoms with van der Waals surface area (Å²) in [6.07, 6.45) is 3.80. The molecule has 0 spiro atoms. The molecule has 1 aliphatic rings. The summed E-state index contributed by atoms with van der Waals surface area (Å²) < 4.78 is 1.82. The summed E-state index contributed by atoms with van der Waals surface area (Å²) in [5.41, 5.74) is 0.386. The van der Waals surface area contributed by atoms with Gasteiger partial charge in [-0.1, -0.05) is 11.3 Å². The molecule has 1 unspecified atom stereocenters. The molecule has 1 amide bonds. The maximum absolute atomic E-state index is 12.2. The largest absolute Gasteiger partial charge is 0.343 e. The molecule has 0 bridgehead atoms. The minimum absolute atomic E-state index is 0. The van der Waals surface area contributed by atoms with Gasteiger partial charge in [0, 0.05) is 4.88 Å². The zero-order valence-corrected chi connectivity index (χ0v) is 14.0. The molecule has 1 fully saturated rings. The monoisotopic (exact) mass is 341 g/mol. The standard InChI is InChI=1S/C14H19N5OS.ClH/c1-10(13-3-2-8-21-13)16-14(20)12-9-19(18-17-12)11-4-6-15-7-5-11;/h2-3,8-11,15H,4-7H2,1H3,(H,16,20);1H. The number of hydrogen-bond acceptors (Lipinski definition) is 5. The second-order valence-electron chi connectivity index (χ2n) is 5.28. The van der Waals surface area contributed by atoms with Crippen molar-refractivity contribution in [3.63, 3.8) is 0 Å². The highest BCUT2D eigenvalue weighted by molar-refractivity contribution is 7.10. The van der Waals surface area contributed by atoms with Crippen molar-refractivity contribution < 1.29 is 4.79 Å². The third-order valence-electron chi connectivity index (χ3n) is 3.74. The van der Waals surface area contributed by atoms with Crippen LogP contribution in [0.25, 0.3) is 0 Å². The minimum Gasteiger partial charge on any atom is -0.343 e. The van der Waals surface area contributed by atoms with E-state index in [4.69, 9.17) is 0 Å². The predicted octanol–water partition coefficient (Wildman–Crippen LogP) is 2.18. The highest BCUT2D eigenvalue weighted by atomic mass is 35.5. The molecule has 2 N–H and O–H groups in total. The van der Waals surface area contributed by atoms with Gasteiger partial charge in [-0.25, -0.2) is 4.68 Å². The average molecular weight is 342 g/mol. The van der Waals surface area contributed by atoms with E-state index >= 15 is 0 Å². The van der Waals surface area contributed by atoms with E-state index in [1.54, 1.807) is 17.5 Å². The summed E-state index contributed by atoms with van der Waals surface area (Å²) in [7, 11) is 0. The first-order valence-corrected chi connectivity index (χ1v) is 8.09. The van der Waals surface area contributed by atoms with Crippen LogP contribution in [0.15, 0.2) is 23.7 Å². The number of piperidine rings is 1. The van der Waals surface area contributed by atoms with Gasteiger partial charge in [0.15, 0.2) is 5.69 Å². The molecule has 0 aliphatic carbocycles. The highest BCUT2D eigenvalue weighted by Gasteiger charge is 2.19. The summed E-state index contributed by atoms with van der Waals surface area (Å²) in [5, 5.41) is 16.4. The number of nitrogens with one attached hydrogen (secondary N) is 2. The van der Waals surface area contributed by atoms with Gasteiger partial charge < -0.3 is 10.6 Å². The molecule has 1 saturated heterocycles. The van der Waals surface area contributed by atoms with Crippen molar-refractivity contribution in [2.75, 3.05) is 13.1 Å². The number of nitrogens with zero attached hydrogens (tertiary/aromatic N) is 3. The second-order valence-corrected chi connectivity index (χ2v) is 6.25. The summed E-state index contributed by atoms with van der Waals surface area (Å²) >= 11 is 1.63. The first-order valence-electron chi connectivity index (χ1n) is 7.21. The SMILES string of the molecule is CC(NC(=O)c1cn(C2CCNCC2)nn1)c1cccs1.Cl. The van der Waals surface area contributed by atoms with Crippen LogP contribution in [0.3, 0.4) is 0 Å². The number of hydrogen-bond donors (Lipinski definition) is 2. The van der Waals surface area contributed by atoms with Crippen LogP contribution >= 0.6 is 23.7 Å². The molecular weight excluding hydrogens is 322 g/mol. The average Bonchev–Trinajstić information content (AvgIpc) is 3.20. The Labute approximate surface area is 139 Å². The van der Waals surface area contributed by atoms with Gasteiger partial charge in [0.25, 0.3) is 5.91 Å². The summed E-state index contributed by atoms with van der Waals surface area (Å²) in [5.74, 6) is -0.170. The van der Waals surface area contributed by atoms with Crippen molar-refractivity contribution >= 4 is 29.7 Å². The van der Waals surface area contributed by atoms with Crippen LogP contribution in [0.1, 0.15) is 47.2 Å². The van der Waals surface area contributed by atoms with Gasteiger partial charge >= 0.3 is 0 Å². The first kappa shape index (κ1) is 16.9. The Morgan fingerprint density at radius 2 is 2.27 bits per heavy atom. The highest BCUT2D eigenvalue weighted by Crippen LogP contribution is 2.19. The lowest BCUT2D eigenvalue weighted by Crippen LogP contribution is -2.29. The van der Waals surface area contributed by atoms with Crippen molar-refractivity contribution in [2.24, 2.45) is 0 Å². The number of carbonyl (C=O) groups is 1. The van der Waals surface area contributed by atoms with Crippen LogP contribution in [0.2, 0.25) is 0 Å². The van der Waals surface area contributed by atoms with E-state index in [0.717, 1.165) is 30.8 Å². The van der Waals surface area contributed by atoms with Crippen molar-refractivity contribution in [1.82, 2.24) is 25.6 Å². The zero-order chi connectivity index (χ0) is 14.7. The molecule has 3 rings (SSSR count). The lowest BCUT2D eigenvalue weighted by Gasteiger charge is -2.22. The third kappa shape index (κ3) is 3.85. The van der Waals surface area contributed by atoms with Gasteiger partial charge in [0.1, 0.15) is 0 Å². The lowest BCUT2D eigenvalue weighted by atomic mass is 10.1. The third-order valence-corrected chi connectivity index (χ3v) is 4.80. The maximum atomic E-state index is 12.2. The fourth-order valence-electron chi connectivity index (χ4n) is 2.51. The van der Waals surface area contributed by atoms with E-state index in [9.17, 15) is 4.79 Å². The van der Waals surface area contributed by atoms with E-state index in [0.29, 0.717) is 11.7 Å². The summed E-state index contributed by atoms with van der Waals surface area (Å²) in [4.78, 5) is 13.3. The van der Waals surface area contributed by atoms with E-state index < -0.39 is 0 Å². The van der Waals surface area contributed by atoms with Crippen LogP contribution in [0, 0.1) is 0 Å². The van der Waals surface area contributed by atoms with E-state index in [2.05, 4.69) is 20.9 Å². The Balaban J connectivity index is 0.00000176. The normalized spacial score (nSPS) is 16.8. The number of rotatable bonds is 4. The molecule has 3 heterocycles. The Bertz CT molecular complexity index is 594. The Morgan fingerprint density at radius 1 is 1.50 bits per heavy atom. The number of aromatic nitrogens is 3. The molecule has 0 saturated carbocycles. The number of thiophene rings is 1. The van der Waals surface area contributed by atoms with E-state index in [1.807, 2.05) is 29.1 Å². The molecular formula is C14H20ClN5OS. The van der Waals surface area contributed by atoms with Gasteiger partial charge in [-0.2, -0.15) is 0 Å². The van der Waals surface area contributed by atoms with Crippen molar-refractivity contribution in [3.8, 4) is 0 Å². The molecule has 8 heteroatoms. The lowest BCUT2D eigenvalue weighted by molar-refractivity contribution is 0.0935. The molecule has 2 aromatic rings. The Hall–Kier alpha value is -1.44. The van der Waals surface area contributed by atoms with Crippen molar-refractivity contribution in [2.45, 2.75) is 31.8 Å². The molecule has 0 aromatic carbocycles. The molecule has 2 aromatic heterocycles. The van der Waals surface area contributed by atoms with Gasteiger partial charge in [0.2, 0.25) is 0 Å². The Morgan fingerprint density at radius 3 is 2.95 bits per heavy atom. The molecule has 1 aliphatic heterocycles. The minimum atomic E-state index is -0.170.